The van der Waals surface area contributed by atoms with E-state index in [1.165, 1.54) is 0 Å². The summed E-state index contributed by atoms with van der Waals surface area (Å²) in [6.45, 7) is 0. The second-order valence-corrected chi connectivity index (χ2v) is 4.02. The highest BCUT2D eigenvalue weighted by Crippen LogP contribution is 2.13. The van der Waals surface area contributed by atoms with Crippen LogP contribution < -0.4 is 5.73 Å². The van der Waals surface area contributed by atoms with Gasteiger partial charge in [-0.2, -0.15) is 0 Å². The van der Waals surface area contributed by atoms with E-state index < -0.39 is 0 Å². The third kappa shape index (κ3) is 3.23. The first kappa shape index (κ1) is 11.5. The summed E-state index contributed by atoms with van der Waals surface area (Å²) in [6.07, 6.45) is 1.83. The molecule has 0 aliphatic carbocycles. The van der Waals surface area contributed by atoms with Gasteiger partial charge in [-0.3, -0.25) is 4.99 Å². The molecule has 2 N–H and O–H groups in total. The molecule has 2 aromatic rings. The second kappa shape index (κ2) is 5.37. The molecule has 2 nitrogen and oxygen atoms in total. The van der Waals surface area contributed by atoms with Gasteiger partial charge in [-0.25, -0.2) is 0 Å². The molecule has 2 rings (SSSR count). The maximum atomic E-state index is 5.52. The molecule has 0 fully saturated rings. The normalized spacial score (nSPS) is 10.6. The van der Waals surface area contributed by atoms with Gasteiger partial charge in [0.15, 0.2) is 0 Å². The third-order valence-electron chi connectivity index (χ3n) is 2.31. The summed E-state index contributed by atoms with van der Waals surface area (Å²) in [7, 11) is 0. The van der Waals surface area contributed by atoms with Crippen molar-refractivity contribution >= 4 is 29.1 Å². The zero-order valence-electron chi connectivity index (χ0n) is 9.21. The Morgan fingerprint density at radius 3 is 2.24 bits per heavy atom. The third-order valence-corrected chi connectivity index (χ3v) is 2.55. The minimum absolute atomic E-state index is 0.406. The van der Waals surface area contributed by atoms with Gasteiger partial charge in [-0.15, -0.1) is 0 Å². The van der Waals surface area contributed by atoms with E-state index in [2.05, 4.69) is 4.99 Å². The Morgan fingerprint density at radius 2 is 1.65 bits per heavy atom. The van der Waals surface area contributed by atoms with E-state index in [4.69, 9.17) is 18.0 Å². The van der Waals surface area contributed by atoms with Gasteiger partial charge in [-0.05, 0) is 29.8 Å². The van der Waals surface area contributed by atoms with E-state index in [9.17, 15) is 0 Å². The molecule has 3 heteroatoms. The van der Waals surface area contributed by atoms with E-state index in [1.54, 1.807) is 0 Å². The average molecular weight is 240 g/mol. The summed E-state index contributed by atoms with van der Waals surface area (Å²) >= 11 is 4.89. The largest absolute Gasteiger partial charge is 0.389 e. The number of thiocarbonyl (C=S) groups is 1. The van der Waals surface area contributed by atoms with Crippen LogP contribution in [0, 0.1) is 0 Å². The predicted molar refractivity (Wildman–Crippen MR) is 76.0 cm³/mol. The lowest BCUT2D eigenvalue weighted by molar-refractivity contribution is 1.51. The number of nitrogens with zero attached hydrogens (tertiary/aromatic N) is 1. The van der Waals surface area contributed by atoms with Crippen LogP contribution in [0.3, 0.4) is 0 Å². The number of aliphatic imine (C=N–C) groups is 1. The fraction of sp³-hybridized carbons (Fsp3) is 0. The Morgan fingerprint density at radius 1 is 1.00 bits per heavy atom. The predicted octanol–water partition coefficient (Wildman–Crippen LogP) is 3.07. The SMILES string of the molecule is NC(=S)c1ccc(N=Cc2ccccc2)cc1. The van der Waals surface area contributed by atoms with E-state index in [1.807, 2.05) is 60.8 Å². The summed E-state index contributed by atoms with van der Waals surface area (Å²) in [5.74, 6) is 0. The van der Waals surface area contributed by atoms with Gasteiger partial charge in [0.2, 0.25) is 0 Å². The van der Waals surface area contributed by atoms with Gasteiger partial charge >= 0.3 is 0 Å². The molecule has 0 aliphatic rings. The van der Waals surface area contributed by atoms with Crippen LogP contribution >= 0.6 is 12.2 Å². The first-order chi connectivity index (χ1) is 8.25. The highest BCUT2D eigenvalue weighted by molar-refractivity contribution is 7.80. The second-order valence-electron chi connectivity index (χ2n) is 3.58. The van der Waals surface area contributed by atoms with Gasteiger partial charge in [0.05, 0.1) is 5.69 Å². The van der Waals surface area contributed by atoms with Crippen molar-refractivity contribution in [1.29, 1.82) is 0 Å². The lowest BCUT2D eigenvalue weighted by Crippen LogP contribution is -2.08. The van der Waals surface area contributed by atoms with Gasteiger partial charge < -0.3 is 5.73 Å². The minimum Gasteiger partial charge on any atom is -0.389 e. The molecule has 0 atom stereocenters. The quantitative estimate of drug-likeness (QED) is 0.661. The average Bonchev–Trinajstić information content (AvgIpc) is 2.38. The Labute approximate surface area is 106 Å². The molecule has 0 aromatic heterocycles. The number of rotatable bonds is 3. The summed E-state index contributed by atoms with van der Waals surface area (Å²) < 4.78 is 0. The van der Waals surface area contributed by atoms with Crippen molar-refractivity contribution in [3.63, 3.8) is 0 Å². The number of nitrogens with two attached hydrogens (primary N) is 1. The smallest absolute Gasteiger partial charge is 0.103 e. The molecule has 0 radical (unpaired) electrons. The van der Waals surface area contributed by atoms with Gasteiger partial charge in [0.1, 0.15) is 4.99 Å². The molecule has 0 heterocycles. The van der Waals surface area contributed by atoms with E-state index in [-0.39, 0.29) is 0 Å². The maximum absolute atomic E-state index is 5.52. The van der Waals surface area contributed by atoms with Crippen LogP contribution in [0.2, 0.25) is 0 Å². The summed E-state index contributed by atoms with van der Waals surface area (Å²) in [5, 5.41) is 0. The molecule has 0 bridgehead atoms. The monoisotopic (exact) mass is 240 g/mol. The van der Waals surface area contributed by atoms with Crippen LogP contribution in [0.25, 0.3) is 0 Å². The summed E-state index contributed by atoms with van der Waals surface area (Å²) in [5.41, 5.74) is 8.34. The van der Waals surface area contributed by atoms with Crippen LogP contribution in [0.1, 0.15) is 11.1 Å². The Bertz CT molecular complexity index is 530. The van der Waals surface area contributed by atoms with Crippen LogP contribution in [0.15, 0.2) is 59.6 Å². The molecule has 0 saturated carbocycles. The van der Waals surface area contributed by atoms with Crippen molar-refractivity contribution < 1.29 is 0 Å². The van der Waals surface area contributed by atoms with E-state index in [0.717, 1.165) is 16.8 Å². The Hall–Kier alpha value is -2.00. The van der Waals surface area contributed by atoms with Crippen LogP contribution in [-0.2, 0) is 0 Å². The van der Waals surface area contributed by atoms with Crippen LogP contribution in [-0.4, -0.2) is 11.2 Å². The summed E-state index contributed by atoms with van der Waals surface area (Å²) in [4.78, 5) is 4.77. The zero-order chi connectivity index (χ0) is 12.1. The van der Waals surface area contributed by atoms with Gasteiger partial charge in [0.25, 0.3) is 0 Å². The van der Waals surface area contributed by atoms with Crippen molar-refractivity contribution in [2.24, 2.45) is 10.7 Å². The highest BCUT2D eigenvalue weighted by atomic mass is 32.1. The molecular weight excluding hydrogens is 228 g/mol. The van der Waals surface area contributed by atoms with Crippen molar-refractivity contribution in [3.05, 3.63) is 65.7 Å². The molecule has 84 valence electrons. The lowest BCUT2D eigenvalue weighted by atomic mass is 10.2. The van der Waals surface area contributed by atoms with Crippen LogP contribution in [0.5, 0.6) is 0 Å². The van der Waals surface area contributed by atoms with Crippen molar-refractivity contribution in [2.75, 3.05) is 0 Å². The molecule has 2 aromatic carbocycles. The first-order valence-corrected chi connectivity index (χ1v) is 5.65. The van der Waals surface area contributed by atoms with Crippen molar-refractivity contribution in [3.8, 4) is 0 Å². The molecule has 0 spiro atoms. The molecule has 17 heavy (non-hydrogen) atoms. The lowest BCUT2D eigenvalue weighted by Gasteiger charge is -1.98. The molecule has 0 unspecified atom stereocenters. The Kier molecular flexibility index (Phi) is 3.62. The van der Waals surface area contributed by atoms with Crippen molar-refractivity contribution in [1.82, 2.24) is 0 Å². The van der Waals surface area contributed by atoms with E-state index in [0.29, 0.717) is 4.99 Å². The molecule has 0 aliphatic heterocycles. The highest BCUT2D eigenvalue weighted by Gasteiger charge is 1.94. The molecular formula is C14H12N2S. The topological polar surface area (TPSA) is 38.4 Å². The summed E-state index contributed by atoms with van der Waals surface area (Å²) in [6, 6.07) is 17.5. The molecule has 0 saturated heterocycles. The van der Waals surface area contributed by atoms with Gasteiger partial charge in [0, 0.05) is 11.8 Å². The number of hydrogen-bond donors (Lipinski definition) is 1. The van der Waals surface area contributed by atoms with Gasteiger partial charge in [-0.1, -0.05) is 42.5 Å². The fourth-order valence-electron chi connectivity index (χ4n) is 1.40. The standard InChI is InChI=1S/C14H12N2S/c15-14(17)12-6-8-13(9-7-12)16-10-11-4-2-1-3-5-11/h1-10H,(H2,15,17). The van der Waals surface area contributed by atoms with Crippen molar-refractivity contribution in [2.45, 2.75) is 0 Å². The molecule has 0 amide bonds. The van der Waals surface area contributed by atoms with E-state index >= 15 is 0 Å². The zero-order valence-corrected chi connectivity index (χ0v) is 10.0. The Balaban J connectivity index is 2.14. The number of hydrogen-bond acceptors (Lipinski definition) is 2. The first-order valence-electron chi connectivity index (χ1n) is 5.25. The van der Waals surface area contributed by atoms with Crippen LogP contribution in [0.4, 0.5) is 5.69 Å². The maximum Gasteiger partial charge on any atom is 0.103 e. The minimum atomic E-state index is 0.406. The number of benzene rings is 2. The fourth-order valence-corrected chi connectivity index (χ4v) is 1.54.